The first-order valence-corrected chi connectivity index (χ1v) is 2.70. The van der Waals surface area contributed by atoms with E-state index in [1.807, 2.05) is 0 Å². The Morgan fingerprint density at radius 1 is 1.38 bits per heavy atom. The molecule has 2 atom stereocenters. The average molecular weight is 122 g/mol. The van der Waals surface area contributed by atoms with Crippen molar-refractivity contribution in [2.24, 2.45) is 0 Å². The fourth-order valence-electron chi connectivity index (χ4n) is 0.710. The second kappa shape index (κ2) is 2.40. The molecule has 0 saturated carbocycles. The topological polar surface area (TPSA) is 9.23 Å². The number of hydrogen-bond acceptors (Lipinski definition) is 1. The third-order valence-corrected chi connectivity index (χ3v) is 1.19. The summed E-state index contributed by atoms with van der Waals surface area (Å²) >= 11 is 0. The first-order valence-electron chi connectivity index (χ1n) is 2.70. The molecule has 2 unspecified atom stereocenters. The van der Waals surface area contributed by atoms with Gasteiger partial charge >= 0.3 is 0 Å². The standard InChI is InChI=1S/C5H8F2O/c6-4-2-1-3-8-5(4)7/h4-5H,1-3H2. The molecular formula is C5H8F2O. The highest BCUT2D eigenvalue weighted by Crippen LogP contribution is 2.17. The SMILES string of the molecule is FC1CCCOC1F. The molecule has 0 aromatic carbocycles. The maximum Gasteiger partial charge on any atom is 0.230 e. The Labute approximate surface area is 46.6 Å². The Balaban J connectivity index is 2.28. The lowest BCUT2D eigenvalue weighted by molar-refractivity contribution is -0.114. The van der Waals surface area contributed by atoms with Crippen LogP contribution in [0.1, 0.15) is 12.8 Å². The van der Waals surface area contributed by atoms with Crippen LogP contribution in [-0.4, -0.2) is 19.1 Å². The predicted molar refractivity (Wildman–Crippen MR) is 25.0 cm³/mol. The molecule has 0 aliphatic carbocycles. The third-order valence-electron chi connectivity index (χ3n) is 1.19. The van der Waals surface area contributed by atoms with Crippen molar-refractivity contribution < 1.29 is 13.5 Å². The first kappa shape index (κ1) is 5.95. The van der Waals surface area contributed by atoms with Crippen molar-refractivity contribution in [3.8, 4) is 0 Å². The van der Waals surface area contributed by atoms with Crippen molar-refractivity contribution in [2.45, 2.75) is 25.4 Å². The quantitative estimate of drug-likeness (QED) is 0.472. The zero-order valence-corrected chi connectivity index (χ0v) is 4.44. The minimum absolute atomic E-state index is 0.307. The molecule has 0 N–H and O–H groups in total. The average Bonchev–Trinajstić information content (AvgIpc) is 1.77. The maximum absolute atomic E-state index is 12.1. The van der Waals surface area contributed by atoms with Crippen LogP contribution < -0.4 is 0 Å². The summed E-state index contributed by atoms with van der Waals surface area (Å²) in [5.74, 6) is 0. The minimum atomic E-state index is -1.66. The molecule has 1 fully saturated rings. The molecule has 0 aromatic heterocycles. The summed E-state index contributed by atoms with van der Waals surface area (Å²) in [4.78, 5) is 0. The predicted octanol–water partition coefficient (Wildman–Crippen LogP) is 1.43. The van der Waals surface area contributed by atoms with E-state index in [9.17, 15) is 8.78 Å². The molecule has 1 saturated heterocycles. The largest absolute Gasteiger partial charge is 0.346 e. The normalized spacial score (nSPS) is 39.8. The number of hydrogen-bond donors (Lipinski definition) is 0. The van der Waals surface area contributed by atoms with Crippen LogP contribution in [0, 0.1) is 0 Å². The van der Waals surface area contributed by atoms with Gasteiger partial charge in [-0.05, 0) is 12.8 Å². The van der Waals surface area contributed by atoms with Crippen LogP contribution in [0.25, 0.3) is 0 Å². The molecule has 8 heavy (non-hydrogen) atoms. The first-order chi connectivity index (χ1) is 3.80. The second-order valence-corrected chi connectivity index (χ2v) is 1.88. The lowest BCUT2D eigenvalue weighted by Gasteiger charge is -2.18. The van der Waals surface area contributed by atoms with Crippen molar-refractivity contribution in [1.29, 1.82) is 0 Å². The van der Waals surface area contributed by atoms with Crippen LogP contribution >= 0.6 is 0 Å². The molecule has 0 aromatic rings. The third kappa shape index (κ3) is 1.15. The fourth-order valence-corrected chi connectivity index (χ4v) is 0.710. The van der Waals surface area contributed by atoms with Gasteiger partial charge in [-0.1, -0.05) is 0 Å². The number of halogens is 2. The molecule has 1 aliphatic heterocycles. The Kier molecular flexibility index (Phi) is 1.78. The highest BCUT2D eigenvalue weighted by molar-refractivity contribution is 4.63. The fraction of sp³-hybridized carbons (Fsp3) is 1.00. The molecule has 0 amide bonds. The summed E-state index contributed by atoms with van der Waals surface area (Å²) in [6.07, 6.45) is -2.10. The van der Waals surface area contributed by atoms with E-state index in [-0.39, 0.29) is 0 Å². The molecule has 3 heteroatoms. The van der Waals surface area contributed by atoms with E-state index in [1.54, 1.807) is 0 Å². The Hall–Kier alpha value is -0.180. The minimum Gasteiger partial charge on any atom is -0.346 e. The zero-order chi connectivity index (χ0) is 5.98. The lowest BCUT2D eigenvalue weighted by Crippen LogP contribution is -2.26. The lowest BCUT2D eigenvalue weighted by atomic mass is 10.2. The second-order valence-electron chi connectivity index (χ2n) is 1.88. The van der Waals surface area contributed by atoms with Crippen molar-refractivity contribution in [3.05, 3.63) is 0 Å². The summed E-state index contributed by atoms with van der Waals surface area (Å²) in [7, 11) is 0. The summed E-state index contributed by atoms with van der Waals surface area (Å²) in [5.41, 5.74) is 0. The summed E-state index contributed by atoms with van der Waals surface area (Å²) in [5, 5.41) is 0. The van der Waals surface area contributed by atoms with Gasteiger partial charge in [0.05, 0.1) is 6.61 Å². The Bertz CT molecular complexity index is 66.8. The number of rotatable bonds is 0. The molecule has 0 spiro atoms. The van der Waals surface area contributed by atoms with Gasteiger partial charge in [0.2, 0.25) is 6.36 Å². The summed E-state index contributed by atoms with van der Waals surface area (Å²) in [6, 6.07) is 0. The van der Waals surface area contributed by atoms with Crippen molar-refractivity contribution >= 4 is 0 Å². The van der Waals surface area contributed by atoms with E-state index < -0.39 is 12.5 Å². The van der Waals surface area contributed by atoms with Crippen molar-refractivity contribution in [1.82, 2.24) is 0 Å². The monoisotopic (exact) mass is 122 g/mol. The van der Waals surface area contributed by atoms with E-state index >= 15 is 0 Å². The van der Waals surface area contributed by atoms with Crippen molar-refractivity contribution in [2.75, 3.05) is 6.61 Å². The molecular weight excluding hydrogens is 114 g/mol. The Morgan fingerprint density at radius 3 is 2.50 bits per heavy atom. The highest BCUT2D eigenvalue weighted by Gasteiger charge is 2.24. The van der Waals surface area contributed by atoms with Crippen LogP contribution in [-0.2, 0) is 4.74 Å². The van der Waals surface area contributed by atoms with E-state index in [4.69, 9.17) is 0 Å². The van der Waals surface area contributed by atoms with E-state index in [1.165, 1.54) is 0 Å². The van der Waals surface area contributed by atoms with Gasteiger partial charge in [-0.3, -0.25) is 0 Å². The van der Waals surface area contributed by atoms with Gasteiger partial charge in [0.15, 0.2) is 6.17 Å². The molecule has 1 nitrogen and oxygen atoms in total. The van der Waals surface area contributed by atoms with Crippen LogP contribution in [0.15, 0.2) is 0 Å². The molecule has 1 heterocycles. The maximum atomic E-state index is 12.1. The van der Waals surface area contributed by atoms with Crippen LogP contribution in [0.4, 0.5) is 8.78 Å². The van der Waals surface area contributed by atoms with Crippen LogP contribution in [0.2, 0.25) is 0 Å². The highest BCUT2D eigenvalue weighted by atomic mass is 19.2. The molecule has 0 bridgehead atoms. The Morgan fingerprint density at radius 2 is 2.12 bits per heavy atom. The van der Waals surface area contributed by atoms with Gasteiger partial charge in [-0.25, -0.2) is 8.78 Å². The van der Waals surface area contributed by atoms with Crippen LogP contribution in [0.3, 0.4) is 0 Å². The van der Waals surface area contributed by atoms with Gasteiger partial charge in [0.25, 0.3) is 0 Å². The van der Waals surface area contributed by atoms with E-state index in [2.05, 4.69) is 4.74 Å². The smallest absolute Gasteiger partial charge is 0.230 e. The van der Waals surface area contributed by atoms with Gasteiger partial charge < -0.3 is 4.74 Å². The molecule has 48 valence electrons. The van der Waals surface area contributed by atoms with E-state index in [0.717, 1.165) is 0 Å². The molecule has 1 rings (SSSR count). The van der Waals surface area contributed by atoms with E-state index in [0.29, 0.717) is 19.4 Å². The number of alkyl halides is 2. The molecule has 0 radical (unpaired) electrons. The van der Waals surface area contributed by atoms with Gasteiger partial charge in [-0.15, -0.1) is 0 Å². The van der Waals surface area contributed by atoms with Crippen LogP contribution in [0.5, 0.6) is 0 Å². The number of ether oxygens (including phenoxy) is 1. The van der Waals surface area contributed by atoms with Gasteiger partial charge in [0.1, 0.15) is 0 Å². The summed E-state index contributed by atoms with van der Waals surface area (Å²) in [6.45, 7) is 0.363. The van der Waals surface area contributed by atoms with Crippen molar-refractivity contribution in [3.63, 3.8) is 0 Å². The van der Waals surface area contributed by atoms with Gasteiger partial charge in [-0.2, -0.15) is 0 Å². The van der Waals surface area contributed by atoms with Gasteiger partial charge in [0, 0.05) is 0 Å². The zero-order valence-electron chi connectivity index (χ0n) is 4.44. The molecule has 1 aliphatic rings. The summed E-state index contributed by atoms with van der Waals surface area (Å²) < 4.78 is 28.4.